The summed E-state index contributed by atoms with van der Waals surface area (Å²) in [5.41, 5.74) is 1.51. The third-order valence-corrected chi connectivity index (χ3v) is 6.09. The first kappa shape index (κ1) is 19.4. The molecule has 1 saturated heterocycles. The molecule has 0 saturated carbocycles. The molecule has 2 heterocycles. The normalized spacial score (nSPS) is 14.1. The molecule has 1 fully saturated rings. The van der Waals surface area contributed by atoms with Gasteiger partial charge in [0.25, 0.3) is 10.0 Å². The number of ether oxygens (including phenoxy) is 1. The Hall–Kier alpha value is -2.91. The molecule has 0 aliphatic carbocycles. The van der Waals surface area contributed by atoms with Crippen molar-refractivity contribution in [1.29, 1.82) is 0 Å². The summed E-state index contributed by atoms with van der Waals surface area (Å²) in [7, 11) is -2.63. The van der Waals surface area contributed by atoms with Gasteiger partial charge in [-0.05, 0) is 30.2 Å². The second-order valence-electron chi connectivity index (χ2n) is 6.81. The van der Waals surface area contributed by atoms with Crippen LogP contribution in [0.3, 0.4) is 0 Å². The topological polar surface area (TPSA) is 88.8 Å². The lowest BCUT2D eigenvalue weighted by molar-refractivity contribution is 0.0956. The van der Waals surface area contributed by atoms with Crippen molar-refractivity contribution < 1.29 is 26.8 Å². The van der Waals surface area contributed by atoms with Crippen LogP contribution in [0, 0.1) is 5.82 Å². The summed E-state index contributed by atoms with van der Waals surface area (Å²) in [6.45, 7) is 1.90. The molecule has 1 aliphatic rings. The van der Waals surface area contributed by atoms with E-state index in [2.05, 4.69) is 0 Å². The Balaban J connectivity index is 1.60. The number of carbonyl (C=O) groups excluding carboxylic acids is 1. The molecule has 0 bridgehead atoms. The van der Waals surface area contributed by atoms with Gasteiger partial charge >= 0.3 is 5.91 Å². The Labute approximate surface area is 167 Å². The zero-order valence-corrected chi connectivity index (χ0v) is 16.5. The first-order valence-corrected chi connectivity index (χ1v) is 10.5. The maximum absolute atomic E-state index is 14.4. The maximum Gasteiger partial charge on any atom is 0.300 e. The number of carbonyl (C=O) groups is 1. The number of furan rings is 1. The molecule has 0 unspecified atom stereocenters. The minimum atomic E-state index is -4.13. The minimum Gasteiger partial charge on any atom is -0.451 e. The molecular weight excluding hydrogens is 399 g/mol. The number of hydrogen-bond donors (Lipinski definition) is 1. The first-order valence-electron chi connectivity index (χ1n) is 9.00. The quantitative estimate of drug-likeness (QED) is 0.662. The van der Waals surface area contributed by atoms with Gasteiger partial charge in [0.05, 0.1) is 16.9 Å². The summed E-state index contributed by atoms with van der Waals surface area (Å²) >= 11 is 0. The maximum atomic E-state index is 14.4. The number of benzene rings is 2. The molecule has 9 heteroatoms. The van der Waals surface area contributed by atoms with E-state index in [-0.39, 0.29) is 28.2 Å². The van der Waals surface area contributed by atoms with Crippen LogP contribution in [0.5, 0.6) is 0 Å². The van der Waals surface area contributed by atoms with Gasteiger partial charge in [-0.2, -0.15) is 0 Å². The first-order chi connectivity index (χ1) is 13.9. The fraction of sp³-hybridized carbons (Fsp3) is 0.250. The Morgan fingerprint density at radius 2 is 2.03 bits per heavy atom. The molecule has 29 heavy (non-hydrogen) atoms. The van der Waals surface area contributed by atoms with Crippen LogP contribution in [0.25, 0.3) is 11.0 Å². The highest BCUT2D eigenvalue weighted by molar-refractivity contribution is 7.90. The molecule has 7 nitrogen and oxygen atoms in total. The number of hydrogen-bond acceptors (Lipinski definition) is 6. The molecular formula is C20H19FN2O5S. The van der Waals surface area contributed by atoms with Gasteiger partial charge in [0.1, 0.15) is 11.4 Å². The number of rotatable bonds is 6. The van der Waals surface area contributed by atoms with Crippen molar-refractivity contribution in [2.45, 2.75) is 17.9 Å². The third kappa shape index (κ3) is 3.83. The molecule has 0 radical (unpaired) electrons. The lowest BCUT2D eigenvalue weighted by Gasteiger charge is -2.33. The SMILES string of the molecule is COCc1cccc(S(=O)(=O)NC(=O)c2cc3c(F)cc(N4CCC4)cc3o2)c1. The summed E-state index contributed by atoms with van der Waals surface area (Å²) in [5.74, 6) is -1.78. The van der Waals surface area contributed by atoms with Crippen molar-refractivity contribution in [3.8, 4) is 0 Å². The molecule has 152 valence electrons. The Morgan fingerprint density at radius 3 is 2.72 bits per heavy atom. The Kier molecular flexibility index (Phi) is 5.01. The molecule has 4 rings (SSSR count). The van der Waals surface area contributed by atoms with Crippen molar-refractivity contribution in [1.82, 2.24) is 4.72 Å². The van der Waals surface area contributed by atoms with Crippen LogP contribution in [-0.4, -0.2) is 34.5 Å². The lowest BCUT2D eigenvalue weighted by Crippen LogP contribution is -2.36. The van der Waals surface area contributed by atoms with Crippen molar-refractivity contribution in [2.24, 2.45) is 0 Å². The van der Waals surface area contributed by atoms with Crippen molar-refractivity contribution in [3.63, 3.8) is 0 Å². The van der Waals surface area contributed by atoms with Gasteiger partial charge in [-0.25, -0.2) is 17.5 Å². The van der Waals surface area contributed by atoms with E-state index in [1.54, 1.807) is 18.2 Å². The van der Waals surface area contributed by atoms with Crippen LogP contribution >= 0.6 is 0 Å². The van der Waals surface area contributed by atoms with E-state index < -0.39 is 21.7 Å². The van der Waals surface area contributed by atoms with Gasteiger partial charge in [-0.15, -0.1) is 0 Å². The van der Waals surface area contributed by atoms with E-state index >= 15 is 0 Å². The van der Waals surface area contributed by atoms with Crippen LogP contribution in [-0.2, 0) is 21.4 Å². The van der Waals surface area contributed by atoms with Crippen molar-refractivity contribution >= 4 is 32.6 Å². The van der Waals surface area contributed by atoms with Crippen LogP contribution in [0.15, 0.2) is 51.8 Å². The number of amides is 1. The molecule has 0 atom stereocenters. The number of sulfonamides is 1. The van der Waals surface area contributed by atoms with Gasteiger partial charge in [-0.1, -0.05) is 12.1 Å². The Bertz CT molecular complexity index is 1180. The van der Waals surface area contributed by atoms with Gasteiger partial charge in [-0.3, -0.25) is 4.79 Å². The summed E-state index contributed by atoms with van der Waals surface area (Å²) < 4.78 is 51.9. The number of halogens is 1. The molecule has 0 spiro atoms. The van der Waals surface area contributed by atoms with Gasteiger partial charge in [0.2, 0.25) is 0 Å². The highest BCUT2D eigenvalue weighted by atomic mass is 32.2. The van der Waals surface area contributed by atoms with Crippen LogP contribution in [0.4, 0.5) is 10.1 Å². The van der Waals surface area contributed by atoms with Crippen molar-refractivity contribution in [3.05, 3.63) is 59.6 Å². The average Bonchev–Trinajstić information content (AvgIpc) is 3.05. The van der Waals surface area contributed by atoms with Gasteiger partial charge in [0.15, 0.2) is 5.76 Å². The second kappa shape index (κ2) is 7.49. The summed E-state index contributed by atoms with van der Waals surface area (Å²) in [6.07, 6.45) is 1.04. The third-order valence-electron chi connectivity index (χ3n) is 4.76. The number of nitrogens with zero attached hydrogens (tertiary/aromatic N) is 1. The molecule has 1 aliphatic heterocycles. The van der Waals surface area contributed by atoms with Gasteiger partial charge < -0.3 is 14.1 Å². The summed E-state index contributed by atoms with van der Waals surface area (Å²) in [5, 5.41) is 0.124. The highest BCUT2D eigenvalue weighted by Gasteiger charge is 2.24. The molecule has 3 aromatic rings. The highest BCUT2D eigenvalue weighted by Crippen LogP contribution is 2.30. The number of methoxy groups -OCH3 is 1. The van der Waals surface area contributed by atoms with Gasteiger partial charge in [0, 0.05) is 38.0 Å². The van der Waals surface area contributed by atoms with Crippen molar-refractivity contribution in [2.75, 3.05) is 25.1 Å². The summed E-state index contributed by atoms with van der Waals surface area (Å²) in [4.78, 5) is 14.4. The monoisotopic (exact) mass is 418 g/mol. The van der Waals surface area contributed by atoms with E-state index in [4.69, 9.17) is 9.15 Å². The van der Waals surface area contributed by atoms with E-state index in [1.165, 1.54) is 31.4 Å². The lowest BCUT2D eigenvalue weighted by atomic mass is 10.1. The fourth-order valence-corrected chi connectivity index (χ4v) is 4.18. The predicted molar refractivity (Wildman–Crippen MR) is 105 cm³/mol. The van der Waals surface area contributed by atoms with Crippen LogP contribution < -0.4 is 9.62 Å². The van der Waals surface area contributed by atoms with Crippen LogP contribution in [0.1, 0.15) is 22.5 Å². The predicted octanol–water partition coefficient (Wildman–Crippen LogP) is 3.05. The Morgan fingerprint density at radius 1 is 1.24 bits per heavy atom. The molecule has 1 amide bonds. The second-order valence-corrected chi connectivity index (χ2v) is 8.49. The van der Waals surface area contributed by atoms with Crippen LogP contribution in [0.2, 0.25) is 0 Å². The zero-order valence-electron chi connectivity index (χ0n) is 15.6. The molecule has 1 N–H and O–H groups in total. The largest absolute Gasteiger partial charge is 0.451 e. The molecule has 2 aromatic carbocycles. The standard InChI is InChI=1S/C20H19FN2O5S/c1-27-12-13-4-2-5-15(8-13)29(25,26)22-20(24)19-11-16-17(21)9-14(10-18(16)28-19)23-6-3-7-23/h2,4-5,8-11H,3,6-7,12H2,1H3,(H,22,24). The number of fused-ring (bicyclic) bond motifs is 1. The average molecular weight is 418 g/mol. The van der Waals surface area contributed by atoms with E-state index in [0.717, 1.165) is 19.5 Å². The smallest absolute Gasteiger partial charge is 0.300 e. The number of nitrogens with one attached hydrogen (secondary N) is 1. The number of anilines is 1. The van der Waals surface area contributed by atoms with E-state index in [0.29, 0.717) is 11.3 Å². The minimum absolute atomic E-state index is 0.0808. The fourth-order valence-electron chi connectivity index (χ4n) is 3.15. The summed E-state index contributed by atoms with van der Waals surface area (Å²) in [6, 6.07) is 10.3. The zero-order chi connectivity index (χ0) is 20.6. The molecule has 1 aromatic heterocycles. The van der Waals surface area contributed by atoms with E-state index in [1.807, 2.05) is 9.62 Å². The van der Waals surface area contributed by atoms with E-state index in [9.17, 15) is 17.6 Å².